The Hall–Kier alpha value is -0.566. The van der Waals surface area contributed by atoms with E-state index in [4.69, 9.17) is 0 Å². The van der Waals surface area contributed by atoms with E-state index in [0.717, 1.165) is 12.2 Å². The smallest absolute Gasteiger partial charge is 0.852 e. The maximum absolute atomic E-state index is 9.92. The molecule has 0 saturated carbocycles. The summed E-state index contributed by atoms with van der Waals surface area (Å²) in [6, 6.07) is 0. The van der Waals surface area contributed by atoms with Crippen molar-refractivity contribution in [1.82, 2.24) is 0 Å². The fourth-order valence-corrected chi connectivity index (χ4v) is 0.303. The minimum absolute atomic E-state index is 0. The van der Waals surface area contributed by atoms with E-state index in [-0.39, 0.29) is 21.7 Å². The average molecular weight is 382 g/mol. The molecule has 0 radical (unpaired) electrons. The predicted molar refractivity (Wildman–Crippen MR) is 80.8 cm³/mol. The number of ether oxygens (including phenoxy) is 1. The van der Waals surface area contributed by atoms with Gasteiger partial charge in [0, 0.05) is 12.2 Å². The summed E-state index contributed by atoms with van der Waals surface area (Å²) >= 11 is 0. The van der Waals surface area contributed by atoms with E-state index in [2.05, 4.69) is 4.74 Å². The fraction of sp³-hybridized carbons (Fsp3) is 0.750. The van der Waals surface area contributed by atoms with E-state index in [1.807, 2.05) is 0 Å². The van der Waals surface area contributed by atoms with Crippen LogP contribution in [0.25, 0.3) is 0 Å². The number of esters is 2. The summed E-state index contributed by atoms with van der Waals surface area (Å²) in [5.41, 5.74) is 0. The van der Waals surface area contributed by atoms with Crippen molar-refractivity contribution >= 4 is 11.9 Å². The van der Waals surface area contributed by atoms with E-state index >= 15 is 0 Å². The zero-order valence-electron chi connectivity index (χ0n) is 15.8. The van der Waals surface area contributed by atoms with Crippen molar-refractivity contribution < 1.29 is 56.5 Å². The van der Waals surface area contributed by atoms with E-state index < -0.39 is 36.4 Å². The van der Waals surface area contributed by atoms with Crippen molar-refractivity contribution in [2.75, 3.05) is 0 Å². The van der Waals surface area contributed by atoms with Crippen LogP contribution in [0.4, 0.5) is 0 Å². The number of cyclic esters (lactones) is 2. The Morgan fingerprint density at radius 1 is 0.625 bits per heavy atom. The van der Waals surface area contributed by atoms with Gasteiger partial charge in [-0.15, -0.1) is 24.4 Å². The van der Waals surface area contributed by atoms with Gasteiger partial charge in [-0.1, -0.05) is 55.4 Å². The van der Waals surface area contributed by atoms with Gasteiger partial charge in [-0.05, 0) is 0 Å². The van der Waals surface area contributed by atoms with E-state index in [1.165, 1.54) is 0 Å². The first-order chi connectivity index (χ1) is 10.2. The summed E-state index contributed by atoms with van der Waals surface area (Å²) in [6.07, 6.45) is 0.505. The van der Waals surface area contributed by atoms with Crippen molar-refractivity contribution in [3.8, 4) is 0 Å². The minimum Gasteiger partial charge on any atom is -0.852 e. The molecule has 24 heavy (non-hydrogen) atoms. The van der Waals surface area contributed by atoms with E-state index in [1.54, 1.807) is 55.4 Å². The molecule has 0 fully saturated rings. The largest absolute Gasteiger partial charge is 4.00 e. The predicted octanol–water partition coefficient (Wildman–Crippen LogP) is -1.36. The van der Waals surface area contributed by atoms with E-state index in [0.29, 0.717) is 0 Å². The van der Waals surface area contributed by atoms with Crippen LogP contribution >= 0.6 is 0 Å². The van der Waals surface area contributed by atoms with Gasteiger partial charge in [0.1, 0.15) is 0 Å². The Morgan fingerprint density at radius 2 is 0.750 bits per heavy atom. The van der Waals surface area contributed by atoms with Crippen LogP contribution in [0, 0.1) is 0 Å². The molecular formula is C16H30O7Ti. The Morgan fingerprint density at radius 3 is 0.792 bits per heavy atom. The first-order valence-electron chi connectivity index (χ1n) is 7.29. The Balaban J connectivity index is -0.0000000641. The molecule has 0 bridgehead atoms. The normalized spacial score (nSPS) is 11.2. The summed E-state index contributed by atoms with van der Waals surface area (Å²) in [5, 5.41) is 38.1. The molecule has 1 aliphatic rings. The quantitative estimate of drug-likeness (QED) is 0.287. The van der Waals surface area contributed by atoms with Crippen molar-refractivity contribution in [2.24, 2.45) is 0 Å². The molecule has 0 N–H and O–H groups in total. The molecular weight excluding hydrogens is 352 g/mol. The number of hydrogen-bond acceptors (Lipinski definition) is 7. The number of hydrogen-bond donors (Lipinski definition) is 0. The number of carbonyl (C=O) groups is 2. The van der Waals surface area contributed by atoms with Crippen LogP contribution in [0.5, 0.6) is 0 Å². The molecule has 0 aliphatic carbocycles. The first-order valence-corrected chi connectivity index (χ1v) is 7.29. The van der Waals surface area contributed by atoms with Crippen molar-refractivity contribution in [3.05, 3.63) is 12.2 Å². The first kappa shape index (κ1) is 34.7. The Bertz CT molecular complexity index is 250. The molecule has 0 unspecified atom stereocenters. The van der Waals surface area contributed by atoms with Crippen LogP contribution in [0.2, 0.25) is 0 Å². The maximum Gasteiger partial charge on any atom is 4.00 e. The maximum atomic E-state index is 9.92. The third kappa shape index (κ3) is 126. The van der Waals surface area contributed by atoms with Gasteiger partial charge in [0.15, 0.2) is 0 Å². The molecule has 0 spiro atoms. The second-order valence-electron chi connectivity index (χ2n) is 5.27. The van der Waals surface area contributed by atoms with Crippen LogP contribution in [-0.2, 0) is 36.0 Å². The second-order valence-corrected chi connectivity index (χ2v) is 5.27. The second kappa shape index (κ2) is 24.7. The molecule has 1 rings (SSSR count). The van der Waals surface area contributed by atoms with Crippen LogP contribution < -0.4 is 20.4 Å². The third-order valence-corrected chi connectivity index (χ3v) is 0.557. The van der Waals surface area contributed by atoms with Gasteiger partial charge in [0.25, 0.3) is 0 Å². The molecule has 0 aromatic rings. The van der Waals surface area contributed by atoms with Crippen molar-refractivity contribution in [2.45, 2.75) is 79.8 Å². The van der Waals surface area contributed by atoms with Gasteiger partial charge in [-0.3, -0.25) is 0 Å². The molecule has 7 nitrogen and oxygen atoms in total. The third-order valence-electron chi connectivity index (χ3n) is 0.557. The summed E-state index contributed by atoms with van der Waals surface area (Å²) in [5.74, 6) is -1.16. The Kier molecular flexibility index (Phi) is 35.7. The topological polar surface area (TPSA) is 136 Å². The SMILES string of the molecule is CC(C)[O-].CC(C)[O-].CC(C)[O-].CC(C)[O-].O=C1C=CC(=O)O1.[Ti+4]. The van der Waals surface area contributed by atoms with Gasteiger partial charge < -0.3 is 25.2 Å². The monoisotopic (exact) mass is 382 g/mol. The molecule has 1 heterocycles. The van der Waals surface area contributed by atoms with Crippen LogP contribution in [0.1, 0.15) is 55.4 Å². The van der Waals surface area contributed by atoms with Gasteiger partial charge in [0.2, 0.25) is 0 Å². The van der Waals surface area contributed by atoms with Crippen LogP contribution in [0.15, 0.2) is 12.2 Å². The summed E-state index contributed by atoms with van der Waals surface area (Å²) in [4.78, 5) is 19.8. The number of carbonyl (C=O) groups excluding carboxylic acids is 2. The average Bonchev–Trinajstić information content (AvgIpc) is 2.58. The van der Waals surface area contributed by atoms with Gasteiger partial charge in [-0.2, -0.15) is 0 Å². The van der Waals surface area contributed by atoms with Gasteiger partial charge >= 0.3 is 33.7 Å². The molecule has 0 saturated heterocycles. The minimum atomic E-state index is -0.579. The Labute approximate surface area is 160 Å². The van der Waals surface area contributed by atoms with Crippen LogP contribution in [-0.4, -0.2) is 36.4 Å². The summed E-state index contributed by atoms with van der Waals surface area (Å²) in [6.45, 7) is 12.9. The summed E-state index contributed by atoms with van der Waals surface area (Å²) in [7, 11) is 0. The van der Waals surface area contributed by atoms with Crippen LogP contribution in [0.3, 0.4) is 0 Å². The zero-order chi connectivity index (χ0) is 19.6. The fourth-order valence-electron chi connectivity index (χ4n) is 0.303. The zero-order valence-corrected chi connectivity index (χ0v) is 17.4. The molecule has 8 heteroatoms. The molecule has 0 aromatic heterocycles. The molecule has 0 amide bonds. The molecule has 1 aliphatic heterocycles. The van der Waals surface area contributed by atoms with Crippen molar-refractivity contribution in [1.29, 1.82) is 0 Å². The number of rotatable bonds is 0. The molecule has 140 valence electrons. The summed E-state index contributed by atoms with van der Waals surface area (Å²) < 4.78 is 3.97. The molecule has 0 atom stereocenters. The van der Waals surface area contributed by atoms with Crippen molar-refractivity contribution in [3.63, 3.8) is 0 Å². The standard InChI is InChI=1S/C4H2O3.4C3H7O.Ti/c5-3-1-2-4(6)7-3;4*1-3(2)4;/h1-2H;4*3H,1-2H3;/q;4*-1;+4. The van der Waals surface area contributed by atoms with Gasteiger partial charge in [0.05, 0.1) is 0 Å². The van der Waals surface area contributed by atoms with E-state index in [9.17, 15) is 30.0 Å². The van der Waals surface area contributed by atoms with Gasteiger partial charge in [-0.25, -0.2) is 9.59 Å². The molecule has 0 aromatic carbocycles.